The summed E-state index contributed by atoms with van der Waals surface area (Å²) >= 11 is 0. The molecule has 2 fully saturated rings. The number of nitrogens with one attached hydrogen (secondary N) is 2. The molecule has 0 aliphatic carbocycles. The Bertz CT molecular complexity index is 1440. The van der Waals surface area contributed by atoms with Crippen molar-refractivity contribution in [1.29, 1.82) is 0 Å². The van der Waals surface area contributed by atoms with Gasteiger partial charge in [-0.2, -0.15) is 0 Å². The second kappa shape index (κ2) is 8.34. The molecule has 0 bridgehead atoms. The summed E-state index contributed by atoms with van der Waals surface area (Å²) < 4.78 is 14.2. The molecule has 2 saturated heterocycles. The van der Waals surface area contributed by atoms with Gasteiger partial charge in [-0.15, -0.1) is 0 Å². The van der Waals surface area contributed by atoms with Crippen molar-refractivity contribution in [2.75, 3.05) is 38.1 Å². The van der Waals surface area contributed by atoms with Crippen LogP contribution in [0.15, 0.2) is 60.7 Å². The fourth-order valence-corrected chi connectivity index (χ4v) is 5.73. The van der Waals surface area contributed by atoms with Crippen molar-refractivity contribution < 1.29 is 14.3 Å². The number of hydrogen-bond donors (Lipinski definition) is 3. The van der Waals surface area contributed by atoms with Crippen LogP contribution in [-0.4, -0.2) is 59.1 Å². The van der Waals surface area contributed by atoms with Gasteiger partial charge in [-0.25, -0.2) is 9.37 Å². The topological polar surface area (TPSA) is 84.5 Å². The third-order valence-corrected chi connectivity index (χ3v) is 7.24. The Kier molecular flexibility index (Phi) is 5.22. The van der Waals surface area contributed by atoms with E-state index in [2.05, 4.69) is 32.1 Å². The number of benzene rings is 2. The largest absolute Gasteiger partial charge is 0.508 e. The van der Waals surface area contributed by atoms with E-state index in [4.69, 9.17) is 0 Å². The van der Waals surface area contributed by atoms with Crippen molar-refractivity contribution in [3.05, 3.63) is 89.1 Å². The summed E-state index contributed by atoms with van der Waals surface area (Å²) in [5.41, 5.74) is 4.16. The number of aromatic amines is 1. The van der Waals surface area contributed by atoms with Crippen LogP contribution < -0.4 is 10.2 Å². The molecule has 6 rings (SSSR count). The van der Waals surface area contributed by atoms with Crippen molar-refractivity contribution in [3.63, 3.8) is 0 Å². The lowest BCUT2D eigenvalue weighted by atomic mass is 9.73. The van der Waals surface area contributed by atoms with Crippen LogP contribution in [0.25, 0.3) is 10.9 Å². The molecule has 36 heavy (non-hydrogen) atoms. The number of rotatable bonds is 5. The molecule has 2 aliphatic heterocycles. The van der Waals surface area contributed by atoms with E-state index in [-0.39, 0.29) is 17.0 Å². The van der Waals surface area contributed by atoms with Gasteiger partial charge in [-0.1, -0.05) is 18.2 Å². The summed E-state index contributed by atoms with van der Waals surface area (Å²) in [6.45, 7) is 6.02. The van der Waals surface area contributed by atoms with E-state index < -0.39 is 17.8 Å². The van der Waals surface area contributed by atoms with Crippen LogP contribution in [0, 0.1) is 18.2 Å². The molecule has 1 amide bonds. The maximum atomic E-state index is 14.2. The minimum Gasteiger partial charge on any atom is -0.508 e. The van der Waals surface area contributed by atoms with Crippen LogP contribution in [0.4, 0.5) is 10.1 Å². The summed E-state index contributed by atoms with van der Waals surface area (Å²) in [7, 11) is 2.13. The number of aromatic nitrogens is 2. The first kappa shape index (κ1) is 22.5. The van der Waals surface area contributed by atoms with Gasteiger partial charge in [0, 0.05) is 59.7 Å². The Morgan fingerprint density at radius 1 is 1.11 bits per heavy atom. The van der Waals surface area contributed by atoms with E-state index in [9.17, 15) is 14.3 Å². The number of amides is 1. The number of fused-ring (bicyclic) bond motifs is 1. The van der Waals surface area contributed by atoms with Crippen molar-refractivity contribution in [1.82, 2.24) is 20.2 Å². The smallest absolute Gasteiger partial charge is 0.270 e. The number of para-hydroxylation sites is 1. The number of hydrogen-bond acceptors (Lipinski definition) is 5. The van der Waals surface area contributed by atoms with E-state index in [0.29, 0.717) is 11.1 Å². The molecule has 2 aromatic heterocycles. The fraction of sp³-hybridized carbons (Fsp3) is 0.286. The third kappa shape index (κ3) is 3.97. The molecule has 4 aromatic rings. The summed E-state index contributed by atoms with van der Waals surface area (Å²) in [4.78, 5) is 25.9. The van der Waals surface area contributed by atoms with Gasteiger partial charge in [0.05, 0.1) is 6.04 Å². The predicted octanol–water partition coefficient (Wildman–Crippen LogP) is 3.99. The van der Waals surface area contributed by atoms with Gasteiger partial charge < -0.3 is 25.2 Å². The van der Waals surface area contributed by atoms with Gasteiger partial charge >= 0.3 is 0 Å². The van der Waals surface area contributed by atoms with Crippen LogP contribution in [0.3, 0.4) is 0 Å². The normalized spacial score (nSPS) is 17.6. The lowest BCUT2D eigenvalue weighted by molar-refractivity contribution is -0.00240. The van der Waals surface area contributed by atoms with E-state index >= 15 is 0 Å². The first-order valence-electron chi connectivity index (χ1n) is 12.1. The number of aryl methyl sites for hydroxylation is 1. The standard InChI is InChI=1S/C28H28FN5O2/c1-17-9-20(34-15-28(16-34)13-33(2)14-28)12-24(30-17)27(36)32-26(21-11-19(29)7-8-25(21)35)23-10-18-5-3-4-6-22(18)31-23/h3-12,26,31,35H,13-16H2,1-2H3,(H,32,36). The molecule has 7 nitrogen and oxygen atoms in total. The quantitative estimate of drug-likeness (QED) is 0.398. The van der Waals surface area contributed by atoms with Crippen LogP contribution in [0.5, 0.6) is 5.75 Å². The summed E-state index contributed by atoms with van der Waals surface area (Å²) in [6.07, 6.45) is 0. The Hall–Kier alpha value is -3.91. The van der Waals surface area contributed by atoms with E-state index in [1.807, 2.05) is 49.4 Å². The van der Waals surface area contributed by atoms with E-state index in [1.54, 1.807) is 0 Å². The molecule has 3 N–H and O–H groups in total. The summed E-state index contributed by atoms with van der Waals surface area (Å²) in [5.74, 6) is -0.997. The predicted molar refractivity (Wildman–Crippen MR) is 137 cm³/mol. The molecule has 1 unspecified atom stereocenters. The molecule has 4 heterocycles. The Balaban J connectivity index is 1.31. The highest BCUT2D eigenvalue weighted by Crippen LogP contribution is 2.41. The number of likely N-dealkylation sites (tertiary alicyclic amines) is 1. The lowest BCUT2D eigenvalue weighted by Gasteiger charge is -2.60. The van der Waals surface area contributed by atoms with E-state index in [1.165, 1.54) is 18.2 Å². The summed E-state index contributed by atoms with van der Waals surface area (Å²) in [6, 6.07) is 16.4. The number of anilines is 1. The van der Waals surface area contributed by atoms with Crippen molar-refractivity contribution in [3.8, 4) is 5.75 Å². The molecule has 1 spiro atoms. The Morgan fingerprint density at radius 2 is 1.89 bits per heavy atom. The first-order chi connectivity index (χ1) is 17.3. The number of carbonyl (C=O) groups excluding carboxylic acids is 1. The molecule has 1 atom stereocenters. The molecule has 0 saturated carbocycles. The number of aromatic hydroxyl groups is 1. The zero-order chi connectivity index (χ0) is 25.0. The molecule has 8 heteroatoms. The van der Waals surface area contributed by atoms with Gasteiger partial charge in [0.2, 0.25) is 0 Å². The maximum absolute atomic E-state index is 14.2. The monoisotopic (exact) mass is 485 g/mol. The van der Waals surface area contributed by atoms with E-state index in [0.717, 1.165) is 48.5 Å². The third-order valence-electron chi connectivity index (χ3n) is 7.24. The number of phenols is 1. The van der Waals surface area contributed by atoms with Gasteiger partial charge in [0.25, 0.3) is 5.91 Å². The van der Waals surface area contributed by atoms with Gasteiger partial charge in [0.1, 0.15) is 17.3 Å². The number of carbonyl (C=O) groups is 1. The number of pyridine rings is 1. The molecule has 2 aromatic carbocycles. The van der Waals surface area contributed by atoms with Gasteiger partial charge in [-0.3, -0.25) is 4.79 Å². The lowest BCUT2D eigenvalue weighted by Crippen LogP contribution is -2.71. The highest BCUT2D eigenvalue weighted by atomic mass is 19.1. The average molecular weight is 486 g/mol. The molecule has 2 aliphatic rings. The Labute approximate surface area is 208 Å². The number of nitrogens with zero attached hydrogens (tertiary/aromatic N) is 3. The zero-order valence-electron chi connectivity index (χ0n) is 20.3. The van der Waals surface area contributed by atoms with Crippen LogP contribution in [0.1, 0.15) is 33.5 Å². The van der Waals surface area contributed by atoms with Crippen LogP contribution >= 0.6 is 0 Å². The van der Waals surface area contributed by atoms with Crippen molar-refractivity contribution >= 4 is 22.5 Å². The maximum Gasteiger partial charge on any atom is 0.270 e. The molecule has 184 valence electrons. The van der Waals surface area contributed by atoms with Gasteiger partial charge in [-0.05, 0) is 61.8 Å². The Morgan fingerprint density at radius 3 is 2.64 bits per heavy atom. The average Bonchev–Trinajstić information content (AvgIpc) is 3.24. The minimum absolute atomic E-state index is 0.102. The fourth-order valence-electron chi connectivity index (χ4n) is 5.73. The highest BCUT2D eigenvalue weighted by Gasteiger charge is 2.50. The van der Waals surface area contributed by atoms with Crippen LogP contribution in [-0.2, 0) is 0 Å². The summed E-state index contributed by atoms with van der Waals surface area (Å²) in [5, 5.41) is 14.5. The zero-order valence-corrected chi connectivity index (χ0v) is 20.3. The molecule has 0 radical (unpaired) electrons. The SMILES string of the molecule is Cc1cc(N2CC3(CN(C)C3)C2)cc(C(=O)NC(c2cc3ccccc3[nH]2)c2cc(F)ccc2O)n1. The molecular weight excluding hydrogens is 457 g/mol. The molecular formula is C28H28FN5O2. The number of phenolic OH excluding ortho intramolecular Hbond substituents is 1. The second-order valence-corrected chi connectivity index (χ2v) is 10.3. The number of H-pyrrole nitrogens is 1. The highest BCUT2D eigenvalue weighted by molar-refractivity contribution is 5.94. The second-order valence-electron chi connectivity index (χ2n) is 10.3. The first-order valence-corrected chi connectivity index (χ1v) is 12.1. The van der Waals surface area contributed by atoms with Crippen LogP contribution in [0.2, 0.25) is 0 Å². The van der Waals surface area contributed by atoms with Crippen molar-refractivity contribution in [2.24, 2.45) is 5.41 Å². The number of halogens is 1. The minimum atomic E-state index is -0.802. The van der Waals surface area contributed by atoms with Crippen molar-refractivity contribution in [2.45, 2.75) is 13.0 Å². The van der Waals surface area contributed by atoms with Gasteiger partial charge in [0.15, 0.2) is 0 Å².